The van der Waals surface area contributed by atoms with Crippen molar-refractivity contribution in [2.24, 2.45) is 5.92 Å². The van der Waals surface area contributed by atoms with E-state index in [1.54, 1.807) is 0 Å². The fourth-order valence-corrected chi connectivity index (χ4v) is 1.73. The van der Waals surface area contributed by atoms with Gasteiger partial charge in [-0.05, 0) is 25.2 Å². The number of unbranched alkanes of at least 4 members (excludes halogenated alkanes) is 1. The zero-order valence-electron chi connectivity index (χ0n) is 12.0. The fraction of sp³-hybridized carbons (Fsp3) is 0.857. The van der Waals surface area contributed by atoms with E-state index in [2.05, 4.69) is 4.74 Å². The van der Waals surface area contributed by atoms with Crippen LogP contribution in [-0.4, -0.2) is 29.6 Å². The molecule has 0 aliphatic heterocycles. The molecule has 0 rings (SSSR count). The third kappa shape index (κ3) is 6.15. The van der Waals surface area contributed by atoms with Crippen LogP contribution in [0.3, 0.4) is 0 Å². The van der Waals surface area contributed by atoms with Gasteiger partial charge in [0.2, 0.25) is 0 Å². The lowest BCUT2D eigenvalue weighted by atomic mass is 9.85. The Labute approximate surface area is 110 Å². The van der Waals surface area contributed by atoms with Crippen LogP contribution in [0.15, 0.2) is 0 Å². The number of carbonyl (C=O) groups is 2. The lowest BCUT2D eigenvalue weighted by Crippen LogP contribution is -2.41. The van der Waals surface area contributed by atoms with E-state index in [1.165, 1.54) is 7.11 Å². The molecule has 4 heteroatoms. The van der Waals surface area contributed by atoms with E-state index in [0.29, 0.717) is 25.2 Å². The Hall–Kier alpha value is -0.900. The van der Waals surface area contributed by atoms with Crippen molar-refractivity contribution >= 4 is 11.8 Å². The van der Waals surface area contributed by atoms with Crippen molar-refractivity contribution in [2.45, 2.75) is 64.9 Å². The Morgan fingerprint density at radius 2 is 1.94 bits per heavy atom. The van der Waals surface area contributed by atoms with Crippen LogP contribution in [0, 0.1) is 5.92 Å². The van der Waals surface area contributed by atoms with Crippen molar-refractivity contribution in [3.8, 4) is 0 Å². The smallest absolute Gasteiger partial charge is 0.308 e. The van der Waals surface area contributed by atoms with E-state index >= 15 is 0 Å². The van der Waals surface area contributed by atoms with E-state index in [1.807, 2.05) is 20.8 Å². The highest BCUT2D eigenvalue weighted by Gasteiger charge is 2.37. The highest BCUT2D eigenvalue weighted by Crippen LogP contribution is 2.24. The van der Waals surface area contributed by atoms with Gasteiger partial charge >= 0.3 is 5.97 Å². The minimum Gasteiger partial charge on any atom is -0.469 e. The lowest BCUT2D eigenvalue weighted by molar-refractivity contribution is -0.154. The summed E-state index contributed by atoms with van der Waals surface area (Å²) in [6.07, 6.45) is 2.75. The number of ketones is 1. The molecule has 0 spiro atoms. The Kier molecular flexibility index (Phi) is 7.83. The monoisotopic (exact) mass is 258 g/mol. The van der Waals surface area contributed by atoms with Gasteiger partial charge in [-0.3, -0.25) is 9.59 Å². The number of carbonyl (C=O) groups excluding carboxylic acids is 2. The largest absolute Gasteiger partial charge is 0.469 e. The molecule has 0 radical (unpaired) electrons. The molecule has 0 bridgehead atoms. The maximum Gasteiger partial charge on any atom is 0.308 e. The zero-order valence-corrected chi connectivity index (χ0v) is 12.0. The number of methoxy groups -OCH3 is 1. The van der Waals surface area contributed by atoms with Gasteiger partial charge in [0.1, 0.15) is 5.60 Å². The summed E-state index contributed by atoms with van der Waals surface area (Å²) in [6.45, 7) is 6.03. The van der Waals surface area contributed by atoms with Crippen molar-refractivity contribution in [1.29, 1.82) is 0 Å². The molecule has 4 nitrogen and oxygen atoms in total. The Morgan fingerprint density at radius 1 is 1.33 bits per heavy atom. The molecule has 1 atom stereocenters. The summed E-state index contributed by atoms with van der Waals surface area (Å²) in [4.78, 5) is 23.3. The third-order valence-corrected chi connectivity index (χ3v) is 3.08. The molecule has 1 unspecified atom stereocenters. The summed E-state index contributed by atoms with van der Waals surface area (Å²) >= 11 is 0. The number of aliphatic hydroxyl groups is 1. The number of hydrogen-bond donors (Lipinski definition) is 1. The fourth-order valence-electron chi connectivity index (χ4n) is 1.73. The molecule has 0 saturated carbocycles. The molecule has 0 aromatic carbocycles. The van der Waals surface area contributed by atoms with Gasteiger partial charge in [-0.2, -0.15) is 0 Å². The standard InChI is InChI=1S/C14H26O4/c1-5-6-7-12(15)14(17,9-8-11(2)3)10-13(16)18-4/h11,17H,5-10H2,1-4H3. The number of ether oxygens (including phenoxy) is 1. The molecule has 106 valence electrons. The molecule has 1 N–H and O–H groups in total. The van der Waals surface area contributed by atoms with Crippen molar-refractivity contribution in [3.05, 3.63) is 0 Å². The second-order valence-corrected chi connectivity index (χ2v) is 5.24. The predicted molar refractivity (Wildman–Crippen MR) is 70.2 cm³/mol. The first-order valence-corrected chi connectivity index (χ1v) is 6.68. The summed E-state index contributed by atoms with van der Waals surface area (Å²) in [7, 11) is 1.27. The van der Waals surface area contributed by atoms with E-state index < -0.39 is 11.6 Å². The third-order valence-electron chi connectivity index (χ3n) is 3.08. The highest BCUT2D eigenvalue weighted by molar-refractivity contribution is 5.91. The van der Waals surface area contributed by atoms with Gasteiger partial charge in [-0.25, -0.2) is 0 Å². The van der Waals surface area contributed by atoms with Crippen LogP contribution in [0.25, 0.3) is 0 Å². The molecule has 0 aliphatic rings. The molecular weight excluding hydrogens is 232 g/mol. The van der Waals surface area contributed by atoms with Gasteiger partial charge < -0.3 is 9.84 Å². The Balaban J connectivity index is 4.66. The topological polar surface area (TPSA) is 63.6 Å². The SMILES string of the molecule is CCCCC(=O)C(O)(CCC(C)C)CC(=O)OC. The summed E-state index contributed by atoms with van der Waals surface area (Å²) in [6, 6.07) is 0. The van der Waals surface area contributed by atoms with E-state index in [9.17, 15) is 14.7 Å². The normalized spacial score (nSPS) is 14.3. The summed E-state index contributed by atoms with van der Waals surface area (Å²) in [5.74, 6) is -0.394. The van der Waals surface area contributed by atoms with Gasteiger partial charge in [-0.1, -0.05) is 27.2 Å². The van der Waals surface area contributed by atoms with Crippen LogP contribution >= 0.6 is 0 Å². The van der Waals surface area contributed by atoms with Crippen molar-refractivity contribution in [3.63, 3.8) is 0 Å². The van der Waals surface area contributed by atoms with E-state index in [4.69, 9.17) is 0 Å². The van der Waals surface area contributed by atoms with Gasteiger partial charge in [0.05, 0.1) is 13.5 Å². The molecule has 0 heterocycles. The minimum absolute atomic E-state index is 0.237. The average Bonchev–Trinajstić information content (AvgIpc) is 2.33. The molecular formula is C14H26O4. The van der Waals surface area contributed by atoms with Gasteiger partial charge in [-0.15, -0.1) is 0 Å². The van der Waals surface area contributed by atoms with Gasteiger partial charge in [0, 0.05) is 6.42 Å². The maximum atomic E-state index is 12.0. The van der Waals surface area contributed by atoms with Crippen LogP contribution in [0.1, 0.15) is 59.3 Å². The summed E-state index contributed by atoms with van der Waals surface area (Å²) in [5.41, 5.74) is -1.55. The maximum absolute atomic E-state index is 12.0. The van der Waals surface area contributed by atoms with Crippen LogP contribution in [0.4, 0.5) is 0 Å². The lowest BCUT2D eigenvalue weighted by Gasteiger charge is -2.26. The van der Waals surface area contributed by atoms with Gasteiger partial charge in [0.15, 0.2) is 5.78 Å². The summed E-state index contributed by atoms with van der Waals surface area (Å²) < 4.78 is 4.56. The first kappa shape index (κ1) is 17.1. The Morgan fingerprint density at radius 3 is 2.39 bits per heavy atom. The molecule has 0 aromatic rings. The Bertz CT molecular complexity index is 273. The van der Waals surface area contributed by atoms with Crippen molar-refractivity contribution in [2.75, 3.05) is 7.11 Å². The zero-order chi connectivity index (χ0) is 14.2. The summed E-state index contributed by atoms with van der Waals surface area (Å²) in [5, 5.41) is 10.4. The minimum atomic E-state index is -1.55. The van der Waals surface area contributed by atoms with Crippen LogP contribution in [0.2, 0.25) is 0 Å². The second-order valence-electron chi connectivity index (χ2n) is 5.24. The second kappa shape index (κ2) is 8.25. The van der Waals surface area contributed by atoms with Crippen molar-refractivity contribution < 1.29 is 19.4 Å². The first-order valence-electron chi connectivity index (χ1n) is 6.68. The first-order chi connectivity index (χ1) is 8.35. The number of Topliss-reactive ketones (excluding diaryl/α,β-unsaturated/α-hetero) is 1. The average molecular weight is 258 g/mol. The van der Waals surface area contributed by atoms with E-state index in [-0.39, 0.29) is 12.2 Å². The quantitative estimate of drug-likeness (QED) is 0.645. The number of hydrogen-bond acceptors (Lipinski definition) is 4. The molecule has 0 amide bonds. The van der Waals surface area contributed by atoms with Crippen LogP contribution in [-0.2, 0) is 14.3 Å². The van der Waals surface area contributed by atoms with E-state index in [0.717, 1.165) is 12.8 Å². The van der Waals surface area contributed by atoms with Crippen LogP contribution < -0.4 is 0 Å². The number of rotatable bonds is 9. The van der Waals surface area contributed by atoms with Crippen molar-refractivity contribution in [1.82, 2.24) is 0 Å². The molecule has 0 saturated heterocycles. The predicted octanol–water partition coefficient (Wildman–Crippen LogP) is 2.48. The van der Waals surface area contributed by atoms with Gasteiger partial charge in [0.25, 0.3) is 0 Å². The molecule has 0 aromatic heterocycles. The number of esters is 1. The molecule has 0 fully saturated rings. The highest BCUT2D eigenvalue weighted by atomic mass is 16.5. The van der Waals surface area contributed by atoms with Crippen LogP contribution in [0.5, 0.6) is 0 Å². The molecule has 0 aliphatic carbocycles. The molecule has 18 heavy (non-hydrogen) atoms.